The molecule has 0 spiro atoms. The molecule has 184 valence electrons. The van der Waals surface area contributed by atoms with Crippen LogP contribution in [0.2, 0.25) is 0 Å². The number of nitrogens with one attached hydrogen (secondary N) is 1. The highest BCUT2D eigenvalue weighted by Gasteiger charge is 2.30. The minimum Gasteiger partial charge on any atom is -0.497 e. The molecule has 0 aliphatic heterocycles. The highest BCUT2D eigenvalue weighted by Crippen LogP contribution is 2.35. The van der Waals surface area contributed by atoms with E-state index in [0.717, 1.165) is 4.31 Å². The van der Waals surface area contributed by atoms with Crippen LogP contribution in [0.4, 0.5) is 11.4 Å². The maximum atomic E-state index is 13.6. The number of carbonyl (C=O) groups is 2. The van der Waals surface area contributed by atoms with Gasteiger partial charge in [0.25, 0.3) is 10.0 Å². The summed E-state index contributed by atoms with van der Waals surface area (Å²) in [6.07, 6.45) is 0. The van der Waals surface area contributed by atoms with E-state index in [2.05, 4.69) is 5.32 Å². The van der Waals surface area contributed by atoms with E-state index in [-0.39, 0.29) is 21.9 Å². The first-order valence-electron chi connectivity index (χ1n) is 10.5. The summed E-state index contributed by atoms with van der Waals surface area (Å²) in [6, 6.07) is 17.1. The van der Waals surface area contributed by atoms with Crippen molar-refractivity contribution in [3.63, 3.8) is 0 Å². The zero-order chi connectivity index (χ0) is 25.6. The van der Waals surface area contributed by atoms with E-state index in [1.807, 2.05) is 0 Å². The molecule has 3 aromatic rings. The molecule has 0 bridgehead atoms. The Morgan fingerprint density at radius 2 is 1.63 bits per heavy atom. The van der Waals surface area contributed by atoms with Crippen LogP contribution >= 0.6 is 0 Å². The van der Waals surface area contributed by atoms with Crippen LogP contribution in [0.1, 0.15) is 15.9 Å². The van der Waals surface area contributed by atoms with Crippen molar-refractivity contribution in [3.8, 4) is 11.5 Å². The van der Waals surface area contributed by atoms with Gasteiger partial charge in [0, 0.05) is 11.8 Å². The number of anilines is 2. The summed E-state index contributed by atoms with van der Waals surface area (Å²) < 4.78 is 43.5. The van der Waals surface area contributed by atoms with Gasteiger partial charge in [-0.15, -0.1) is 0 Å². The van der Waals surface area contributed by atoms with Crippen molar-refractivity contribution in [1.82, 2.24) is 0 Å². The fourth-order valence-electron chi connectivity index (χ4n) is 3.33. The number of methoxy groups -OCH3 is 3. The third-order valence-electron chi connectivity index (χ3n) is 5.21. The van der Waals surface area contributed by atoms with Crippen LogP contribution < -0.4 is 19.1 Å². The molecule has 35 heavy (non-hydrogen) atoms. The van der Waals surface area contributed by atoms with Gasteiger partial charge in [0.2, 0.25) is 5.91 Å². The second-order valence-electron chi connectivity index (χ2n) is 7.43. The van der Waals surface area contributed by atoms with E-state index in [1.165, 1.54) is 51.7 Å². The summed E-state index contributed by atoms with van der Waals surface area (Å²) in [6.45, 7) is 1.20. The molecule has 0 aromatic heterocycles. The smallest absolute Gasteiger partial charge is 0.337 e. The van der Waals surface area contributed by atoms with Crippen molar-refractivity contribution in [2.45, 2.75) is 11.8 Å². The summed E-state index contributed by atoms with van der Waals surface area (Å²) in [7, 11) is -0.0193. The first-order chi connectivity index (χ1) is 16.7. The van der Waals surface area contributed by atoms with Crippen LogP contribution in [0.15, 0.2) is 71.6 Å². The fourth-order valence-corrected chi connectivity index (χ4v) is 4.78. The van der Waals surface area contributed by atoms with E-state index in [4.69, 9.17) is 14.2 Å². The minimum absolute atomic E-state index is 0.00883. The number of ether oxygens (including phenoxy) is 3. The Balaban J connectivity index is 2.01. The van der Waals surface area contributed by atoms with Crippen LogP contribution in [0.25, 0.3) is 0 Å². The highest BCUT2D eigenvalue weighted by molar-refractivity contribution is 7.92. The van der Waals surface area contributed by atoms with Crippen molar-refractivity contribution in [2.24, 2.45) is 0 Å². The van der Waals surface area contributed by atoms with E-state index < -0.39 is 28.4 Å². The number of amides is 1. The molecule has 0 heterocycles. The average Bonchev–Trinajstić information content (AvgIpc) is 2.88. The quantitative estimate of drug-likeness (QED) is 0.449. The van der Waals surface area contributed by atoms with Gasteiger partial charge in [-0.1, -0.05) is 24.3 Å². The number of aryl methyl sites for hydroxylation is 1. The summed E-state index contributed by atoms with van der Waals surface area (Å²) in [5.41, 5.74) is 1.45. The number of rotatable bonds is 9. The van der Waals surface area contributed by atoms with Gasteiger partial charge in [0.15, 0.2) is 0 Å². The Morgan fingerprint density at radius 3 is 2.26 bits per heavy atom. The van der Waals surface area contributed by atoms with E-state index in [9.17, 15) is 18.0 Å². The predicted molar refractivity (Wildman–Crippen MR) is 132 cm³/mol. The van der Waals surface area contributed by atoms with Crippen LogP contribution in [0, 0.1) is 6.92 Å². The highest BCUT2D eigenvalue weighted by atomic mass is 32.2. The van der Waals surface area contributed by atoms with Gasteiger partial charge in [0.1, 0.15) is 18.0 Å². The molecule has 0 saturated carbocycles. The Hall–Kier alpha value is -4.05. The van der Waals surface area contributed by atoms with Crippen molar-refractivity contribution < 1.29 is 32.2 Å². The van der Waals surface area contributed by atoms with Gasteiger partial charge in [0.05, 0.1) is 37.5 Å². The van der Waals surface area contributed by atoms with Crippen molar-refractivity contribution in [1.29, 1.82) is 0 Å². The lowest BCUT2D eigenvalue weighted by atomic mass is 10.1. The Bertz CT molecular complexity index is 1320. The Morgan fingerprint density at radius 1 is 0.914 bits per heavy atom. The molecular weight excluding hydrogens is 472 g/mol. The molecule has 0 saturated heterocycles. The standard InChI is InChI=1S/C25H26N2O7S/c1-17-10-11-18(25(29)34-4)14-21(17)26-24(28)16-27(35(30,31)20-8-6-5-7-9-20)22-13-12-19(32-2)15-23(22)33-3/h5-15H,16H2,1-4H3,(H,26,28). The van der Waals surface area contributed by atoms with E-state index in [0.29, 0.717) is 17.0 Å². The minimum atomic E-state index is -4.15. The van der Waals surface area contributed by atoms with Crippen molar-refractivity contribution in [2.75, 3.05) is 37.5 Å². The Kier molecular flexibility index (Phi) is 7.98. The average molecular weight is 499 g/mol. The number of nitrogens with zero attached hydrogens (tertiary/aromatic N) is 1. The van der Waals surface area contributed by atoms with Gasteiger partial charge in [-0.05, 0) is 48.9 Å². The number of esters is 1. The number of hydrogen-bond donors (Lipinski definition) is 1. The topological polar surface area (TPSA) is 111 Å². The molecule has 10 heteroatoms. The van der Waals surface area contributed by atoms with Crippen molar-refractivity contribution in [3.05, 3.63) is 77.9 Å². The predicted octanol–water partition coefficient (Wildman–Crippen LogP) is 3.63. The maximum absolute atomic E-state index is 13.6. The lowest BCUT2D eigenvalue weighted by molar-refractivity contribution is -0.114. The Labute approximate surface area is 204 Å². The van der Waals surface area contributed by atoms with Gasteiger partial charge < -0.3 is 19.5 Å². The fraction of sp³-hybridized carbons (Fsp3) is 0.200. The largest absolute Gasteiger partial charge is 0.497 e. The summed E-state index contributed by atoms with van der Waals surface area (Å²) in [5, 5.41) is 2.70. The molecule has 1 amide bonds. The van der Waals surface area contributed by atoms with Crippen LogP contribution in [-0.2, 0) is 19.6 Å². The monoisotopic (exact) mass is 498 g/mol. The zero-order valence-electron chi connectivity index (χ0n) is 19.8. The molecule has 3 rings (SSSR count). The van der Waals surface area contributed by atoms with Gasteiger partial charge >= 0.3 is 5.97 Å². The molecule has 0 aliphatic rings. The third-order valence-corrected chi connectivity index (χ3v) is 6.98. The third kappa shape index (κ3) is 5.72. The molecule has 0 atom stereocenters. The van der Waals surface area contributed by atoms with Gasteiger partial charge in [-0.3, -0.25) is 9.10 Å². The van der Waals surface area contributed by atoms with E-state index >= 15 is 0 Å². The lowest BCUT2D eigenvalue weighted by Crippen LogP contribution is -2.38. The summed E-state index contributed by atoms with van der Waals surface area (Å²) in [4.78, 5) is 25.0. The molecule has 3 aromatic carbocycles. The van der Waals surface area contributed by atoms with Crippen LogP contribution in [0.5, 0.6) is 11.5 Å². The number of carbonyl (C=O) groups excluding carboxylic acids is 2. The first-order valence-corrected chi connectivity index (χ1v) is 11.9. The van der Waals surface area contributed by atoms with Gasteiger partial charge in [-0.25, -0.2) is 13.2 Å². The van der Waals surface area contributed by atoms with E-state index in [1.54, 1.807) is 43.3 Å². The number of benzene rings is 3. The summed E-state index contributed by atoms with van der Waals surface area (Å²) in [5.74, 6) is -0.507. The van der Waals surface area contributed by atoms with Crippen molar-refractivity contribution >= 4 is 33.3 Å². The lowest BCUT2D eigenvalue weighted by Gasteiger charge is -2.26. The molecular formula is C25H26N2O7S. The second-order valence-corrected chi connectivity index (χ2v) is 9.29. The molecule has 0 aliphatic carbocycles. The zero-order valence-corrected chi connectivity index (χ0v) is 20.6. The molecule has 1 N–H and O–H groups in total. The summed E-state index contributed by atoms with van der Waals surface area (Å²) >= 11 is 0. The number of sulfonamides is 1. The van der Waals surface area contributed by atoms with Gasteiger partial charge in [-0.2, -0.15) is 0 Å². The SMILES string of the molecule is COC(=O)c1ccc(C)c(NC(=O)CN(c2ccc(OC)cc2OC)S(=O)(=O)c2ccccc2)c1. The number of hydrogen-bond acceptors (Lipinski definition) is 7. The molecule has 0 unspecified atom stereocenters. The first kappa shape index (κ1) is 25.6. The normalized spacial score (nSPS) is 10.9. The maximum Gasteiger partial charge on any atom is 0.337 e. The molecule has 9 nitrogen and oxygen atoms in total. The molecule has 0 fully saturated rings. The van der Waals surface area contributed by atoms with Crippen LogP contribution in [0.3, 0.4) is 0 Å². The molecule has 0 radical (unpaired) electrons. The second kappa shape index (κ2) is 10.9. The van der Waals surface area contributed by atoms with Crippen LogP contribution in [-0.4, -0.2) is 48.2 Å².